The highest BCUT2D eigenvalue weighted by molar-refractivity contribution is 5.83. The van der Waals surface area contributed by atoms with Gasteiger partial charge in [-0.2, -0.15) is 5.06 Å². The summed E-state index contributed by atoms with van der Waals surface area (Å²) in [5.74, 6) is 3.03. The van der Waals surface area contributed by atoms with E-state index in [9.17, 15) is 19.8 Å². The SMILES string of the molecule is COC1C(CN2O[C@@H](CO)[C@H]([C@H](C)O)[C@H]2C(=O)N[C@H]2CC3C[C@@H]([C@@H]2C)C3(C)C)CCCC1C1CCCC(NC(=O)CCC2CCCCC2)C1. The average molecular weight is 688 g/mol. The van der Waals surface area contributed by atoms with Crippen LogP contribution in [0, 0.1) is 52.8 Å². The first kappa shape index (κ1) is 37.5. The highest BCUT2D eigenvalue weighted by Crippen LogP contribution is 2.61. The number of rotatable bonds is 12. The number of hydrogen-bond donors (Lipinski definition) is 4. The molecular weight excluding hydrogens is 618 g/mol. The summed E-state index contributed by atoms with van der Waals surface area (Å²) in [5.41, 5.74) is 0.332. The second-order valence-corrected chi connectivity index (χ2v) is 18.0. The van der Waals surface area contributed by atoms with Gasteiger partial charge in [0.1, 0.15) is 12.1 Å². The first-order valence-corrected chi connectivity index (χ1v) is 20.4. The normalized spacial score (nSPS) is 41.9. The maximum Gasteiger partial charge on any atom is 0.240 e. The number of nitrogens with one attached hydrogen (secondary N) is 2. The van der Waals surface area contributed by atoms with Crippen molar-refractivity contribution in [3.05, 3.63) is 0 Å². The molecule has 0 aromatic carbocycles. The molecule has 6 unspecified atom stereocenters. The fourth-order valence-corrected chi connectivity index (χ4v) is 12.0. The van der Waals surface area contributed by atoms with Crippen LogP contribution in [0.25, 0.3) is 0 Å². The molecule has 13 atom stereocenters. The Morgan fingerprint density at radius 2 is 1.73 bits per heavy atom. The van der Waals surface area contributed by atoms with Crippen molar-refractivity contribution in [2.75, 3.05) is 20.3 Å². The largest absolute Gasteiger partial charge is 0.394 e. The molecule has 9 heteroatoms. The van der Waals surface area contributed by atoms with Gasteiger partial charge in [-0.3, -0.25) is 14.4 Å². The van der Waals surface area contributed by atoms with Crippen LogP contribution in [0.5, 0.6) is 0 Å². The Hall–Kier alpha value is -1.26. The molecule has 7 aliphatic rings. The first-order chi connectivity index (χ1) is 23.5. The molecule has 280 valence electrons. The molecule has 7 rings (SSSR count). The van der Waals surface area contributed by atoms with E-state index in [0.717, 1.165) is 63.7 Å². The van der Waals surface area contributed by atoms with Crippen LogP contribution in [0.4, 0.5) is 0 Å². The van der Waals surface area contributed by atoms with Crippen LogP contribution in [-0.2, 0) is 19.2 Å². The number of fused-ring (bicyclic) bond motifs is 2. The van der Waals surface area contributed by atoms with E-state index >= 15 is 0 Å². The average Bonchev–Trinajstić information content (AvgIpc) is 3.47. The number of aliphatic hydroxyl groups is 2. The monoisotopic (exact) mass is 688 g/mol. The van der Waals surface area contributed by atoms with Gasteiger partial charge in [0.25, 0.3) is 0 Å². The summed E-state index contributed by atoms with van der Waals surface area (Å²) in [6.45, 7) is 9.01. The van der Waals surface area contributed by atoms with Crippen LogP contribution in [0.2, 0.25) is 0 Å². The standard InChI is InChI=1S/C40H69N3O6/c1-24-32-20-29(40(32,3)4)21-33(24)42-39(47)37-36(25(2)45)34(23-44)49-43(37)22-28-14-10-16-31(38(28)48-5)27-13-9-15-30(19-27)41-35(46)18-17-26-11-7-6-8-12-26/h24-34,36-38,44-45H,6-23H2,1-5H3,(H,41,46)(H,42,47)/t24-,25-,27?,28?,29?,30?,31?,32-,33-,34-,36-,37-,38?/m0/s1. The highest BCUT2D eigenvalue weighted by Gasteiger charge is 2.57. The third-order valence-electron chi connectivity index (χ3n) is 14.9. The Morgan fingerprint density at radius 3 is 2.41 bits per heavy atom. The Morgan fingerprint density at radius 1 is 0.980 bits per heavy atom. The van der Waals surface area contributed by atoms with Crippen molar-refractivity contribution in [3.63, 3.8) is 0 Å². The van der Waals surface area contributed by atoms with Crippen molar-refractivity contribution < 1.29 is 29.4 Å². The van der Waals surface area contributed by atoms with Gasteiger partial charge in [-0.25, -0.2) is 0 Å². The molecule has 7 fully saturated rings. The van der Waals surface area contributed by atoms with Gasteiger partial charge in [-0.1, -0.05) is 65.7 Å². The molecule has 6 aliphatic carbocycles. The molecule has 0 aromatic rings. The van der Waals surface area contributed by atoms with Gasteiger partial charge in [-0.05, 0) is 99.2 Å². The summed E-state index contributed by atoms with van der Waals surface area (Å²) in [6, 6.07) is -0.315. The number of ether oxygens (including phenoxy) is 1. The third-order valence-corrected chi connectivity index (χ3v) is 14.9. The van der Waals surface area contributed by atoms with Crippen LogP contribution in [-0.4, -0.2) is 83.8 Å². The van der Waals surface area contributed by atoms with E-state index in [0.29, 0.717) is 48.0 Å². The lowest BCUT2D eigenvalue weighted by molar-refractivity contribution is -0.193. The zero-order valence-corrected chi connectivity index (χ0v) is 31.3. The molecular formula is C40H69N3O6. The van der Waals surface area contributed by atoms with E-state index in [1.165, 1.54) is 38.5 Å². The molecule has 0 radical (unpaired) electrons. The van der Waals surface area contributed by atoms with Gasteiger partial charge in [-0.15, -0.1) is 0 Å². The van der Waals surface area contributed by atoms with Crippen molar-refractivity contribution in [1.82, 2.24) is 15.7 Å². The number of carbonyl (C=O) groups is 2. The molecule has 9 nitrogen and oxygen atoms in total. The second-order valence-electron chi connectivity index (χ2n) is 18.0. The molecule has 2 bridgehead atoms. The molecule has 49 heavy (non-hydrogen) atoms. The summed E-state index contributed by atoms with van der Waals surface area (Å²) in [7, 11) is 1.82. The van der Waals surface area contributed by atoms with E-state index in [4.69, 9.17) is 9.57 Å². The van der Waals surface area contributed by atoms with Crippen LogP contribution in [0.15, 0.2) is 0 Å². The van der Waals surface area contributed by atoms with E-state index in [-0.39, 0.29) is 42.5 Å². The third kappa shape index (κ3) is 8.06. The maximum atomic E-state index is 14.2. The summed E-state index contributed by atoms with van der Waals surface area (Å²) >= 11 is 0. The Bertz CT molecular complexity index is 1110. The van der Waals surface area contributed by atoms with Crippen LogP contribution < -0.4 is 10.6 Å². The number of amides is 2. The topological polar surface area (TPSA) is 120 Å². The van der Waals surface area contributed by atoms with Crippen LogP contribution >= 0.6 is 0 Å². The lowest BCUT2D eigenvalue weighted by Gasteiger charge is -2.62. The Balaban J connectivity index is 1.09. The second kappa shape index (κ2) is 16.2. The van der Waals surface area contributed by atoms with Gasteiger partial charge in [0.2, 0.25) is 11.8 Å². The summed E-state index contributed by atoms with van der Waals surface area (Å²) in [6.07, 6.45) is 16.6. The smallest absolute Gasteiger partial charge is 0.240 e. The van der Waals surface area contributed by atoms with Gasteiger partial charge >= 0.3 is 0 Å². The fraction of sp³-hybridized carbons (Fsp3) is 0.950. The molecule has 4 N–H and O–H groups in total. The van der Waals surface area contributed by atoms with E-state index < -0.39 is 24.2 Å². The van der Waals surface area contributed by atoms with E-state index in [1.54, 1.807) is 12.0 Å². The highest BCUT2D eigenvalue weighted by atomic mass is 16.7. The number of carbonyl (C=O) groups excluding carboxylic acids is 2. The predicted octanol–water partition coefficient (Wildman–Crippen LogP) is 5.61. The summed E-state index contributed by atoms with van der Waals surface area (Å²) in [4.78, 5) is 33.5. The number of hydrogen-bond acceptors (Lipinski definition) is 7. The zero-order valence-electron chi connectivity index (χ0n) is 31.3. The molecule has 0 spiro atoms. The van der Waals surface area contributed by atoms with Crippen molar-refractivity contribution in [2.24, 2.45) is 52.8 Å². The van der Waals surface area contributed by atoms with Crippen LogP contribution in [0.3, 0.4) is 0 Å². The maximum absolute atomic E-state index is 14.2. The minimum atomic E-state index is -0.802. The first-order valence-electron chi connectivity index (χ1n) is 20.4. The minimum Gasteiger partial charge on any atom is -0.394 e. The molecule has 0 aromatic heterocycles. The lowest BCUT2D eigenvalue weighted by atomic mass is 9.45. The quantitative estimate of drug-likeness (QED) is 0.211. The van der Waals surface area contributed by atoms with Gasteiger partial charge in [0, 0.05) is 44.0 Å². The number of nitrogens with zero attached hydrogens (tertiary/aromatic N) is 1. The van der Waals surface area contributed by atoms with Crippen molar-refractivity contribution in [1.29, 1.82) is 0 Å². The number of aliphatic hydroxyl groups excluding tert-OH is 2. The van der Waals surface area contributed by atoms with E-state index in [1.807, 2.05) is 7.11 Å². The molecule has 1 aliphatic heterocycles. The zero-order chi connectivity index (χ0) is 34.9. The fourth-order valence-electron chi connectivity index (χ4n) is 12.0. The molecule has 1 saturated heterocycles. The summed E-state index contributed by atoms with van der Waals surface area (Å²) < 4.78 is 6.33. The lowest BCUT2D eigenvalue weighted by Crippen LogP contribution is -2.62. The van der Waals surface area contributed by atoms with Crippen molar-refractivity contribution in [2.45, 2.75) is 167 Å². The molecule has 1 heterocycles. The van der Waals surface area contributed by atoms with Crippen molar-refractivity contribution in [3.8, 4) is 0 Å². The van der Waals surface area contributed by atoms with Gasteiger partial charge in [0.15, 0.2) is 0 Å². The number of methoxy groups -OCH3 is 1. The Kier molecular flexibility index (Phi) is 12.4. The summed E-state index contributed by atoms with van der Waals surface area (Å²) in [5, 5.41) is 29.9. The van der Waals surface area contributed by atoms with Crippen molar-refractivity contribution >= 4 is 11.8 Å². The number of hydroxylamine groups is 2. The van der Waals surface area contributed by atoms with Crippen LogP contribution in [0.1, 0.15) is 130 Å². The van der Waals surface area contributed by atoms with Gasteiger partial charge < -0.3 is 25.6 Å². The molecule has 2 amide bonds. The van der Waals surface area contributed by atoms with Gasteiger partial charge in [0.05, 0.1) is 18.8 Å². The van der Waals surface area contributed by atoms with E-state index in [2.05, 4.69) is 31.4 Å². The minimum absolute atomic E-state index is 0.0256. The molecule has 6 saturated carbocycles. The Labute approximate surface area is 296 Å². The predicted molar refractivity (Wildman–Crippen MR) is 190 cm³/mol.